The van der Waals surface area contributed by atoms with Crippen LogP contribution >= 0.6 is 15.9 Å². The van der Waals surface area contributed by atoms with Crippen molar-refractivity contribution in [1.82, 2.24) is 0 Å². The molecule has 0 aromatic heterocycles. The van der Waals surface area contributed by atoms with Crippen LogP contribution < -0.4 is 14.8 Å². The van der Waals surface area contributed by atoms with E-state index in [0.717, 1.165) is 6.42 Å². The predicted octanol–water partition coefficient (Wildman–Crippen LogP) is 4.93. The second-order valence-corrected chi connectivity index (χ2v) is 6.34. The van der Waals surface area contributed by atoms with Gasteiger partial charge in [0, 0.05) is 0 Å². The molecule has 0 atom stereocenters. The largest absolute Gasteiger partial charge is 0.493 e. The molecule has 0 saturated heterocycles. The first-order valence-corrected chi connectivity index (χ1v) is 8.97. The molecule has 0 aliphatic heterocycles. The standard InChI is InChI=1S/C20H18BrFN2O3/c1-3-8-27-19-15(21)10-13(11-18(19)26-2)9-14(12-23)20(25)24-17-7-5-4-6-16(17)22/h4-7,9-11H,3,8H2,1-2H3,(H,24,25)/b14-9+. The molecule has 140 valence electrons. The number of halogens is 2. The highest BCUT2D eigenvalue weighted by molar-refractivity contribution is 9.10. The molecular weight excluding hydrogens is 415 g/mol. The summed E-state index contributed by atoms with van der Waals surface area (Å²) in [5.74, 6) is -0.268. The lowest BCUT2D eigenvalue weighted by atomic mass is 10.1. The number of para-hydroxylation sites is 1. The molecule has 1 amide bonds. The fraction of sp³-hybridized carbons (Fsp3) is 0.200. The van der Waals surface area contributed by atoms with Crippen LogP contribution in [0.15, 0.2) is 46.4 Å². The molecule has 0 bridgehead atoms. The van der Waals surface area contributed by atoms with E-state index in [1.807, 2.05) is 13.0 Å². The molecule has 27 heavy (non-hydrogen) atoms. The van der Waals surface area contributed by atoms with Gasteiger partial charge in [0.2, 0.25) is 0 Å². The Bertz CT molecular complexity index is 907. The average Bonchev–Trinajstić information content (AvgIpc) is 2.66. The fourth-order valence-corrected chi connectivity index (χ4v) is 2.81. The normalized spacial score (nSPS) is 10.9. The van der Waals surface area contributed by atoms with Crippen LogP contribution in [0.4, 0.5) is 10.1 Å². The van der Waals surface area contributed by atoms with E-state index in [2.05, 4.69) is 21.2 Å². The Morgan fingerprint density at radius 2 is 2.11 bits per heavy atom. The van der Waals surface area contributed by atoms with Crippen LogP contribution in [0.3, 0.4) is 0 Å². The maximum atomic E-state index is 13.7. The van der Waals surface area contributed by atoms with E-state index in [4.69, 9.17) is 9.47 Å². The van der Waals surface area contributed by atoms with Crippen molar-refractivity contribution >= 4 is 33.6 Å². The predicted molar refractivity (Wildman–Crippen MR) is 105 cm³/mol. The highest BCUT2D eigenvalue weighted by Gasteiger charge is 2.15. The van der Waals surface area contributed by atoms with E-state index in [1.54, 1.807) is 18.2 Å². The van der Waals surface area contributed by atoms with E-state index in [0.29, 0.717) is 28.1 Å². The molecule has 0 spiro atoms. The molecule has 2 aromatic rings. The number of anilines is 1. The van der Waals surface area contributed by atoms with Crippen LogP contribution in [0.1, 0.15) is 18.9 Å². The molecule has 1 N–H and O–H groups in total. The van der Waals surface area contributed by atoms with E-state index in [9.17, 15) is 14.4 Å². The number of hydrogen-bond acceptors (Lipinski definition) is 4. The van der Waals surface area contributed by atoms with Crippen LogP contribution in [0.2, 0.25) is 0 Å². The molecule has 0 radical (unpaired) electrons. The van der Waals surface area contributed by atoms with Gasteiger partial charge in [-0.25, -0.2) is 4.39 Å². The van der Waals surface area contributed by atoms with Crippen molar-refractivity contribution in [1.29, 1.82) is 5.26 Å². The topological polar surface area (TPSA) is 71.3 Å². The zero-order chi connectivity index (χ0) is 19.8. The van der Waals surface area contributed by atoms with Gasteiger partial charge in [-0.15, -0.1) is 0 Å². The number of hydrogen-bond donors (Lipinski definition) is 1. The Hall–Kier alpha value is -2.85. The first-order valence-electron chi connectivity index (χ1n) is 8.18. The van der Waals surface area contributed by atoms with E-state index in [-0.39, 0.29) is 11.3 Å². The van der Waals surface area contributed by atoms with Crippen LogP contribution in [0.5, 0.6) is 11.5 Å². The van der Waals surface area contributed by atoms with Crippen LogP contribution in [0.25, 0.3) is 6.08 Å². The number of carbonyl (C=O) groups is 1. The Labute approximate surface area is 165 Å². The fourth-order valence-electron chi connectivity index (χ4n) is 2.23. The number of nitrogens with zero attached hydrogens (tertiary/aromatic N) is 1. The number of amides is 1. The quantitative estimate of drug-likeness (QED) is 0.497. The van der Waals surface area contributed by atoms with Gasteiger partial charge in [0.15, 0.2) is 11.5 Å². The molecule has 0 aliphatic rings. The summed E-state index contributed by atoms with van der Waals surface area (Å²) in [4.78, 5) is 12.3. The second-order valence-electron chi connectivity index (χ2n) is 5.49. The molecule has 0 aliphatic carbocycles. The van der Waals surface area contributed by atoms with Crippen molar-refractivity contribution in [3.05, 3.63) is 57.8 Å². The summed E-state index contributed by atoms with van der Waals surface area (Å²) in [5.41, 5.74) is 0.392. The van der Waals surface area contributed by atoms with Gasteiger partial charge in [0.1, 0.15) is 17.5 Å². The summed E-state index contributed by atoms with van der Waals surface area (Å²) in [6.07, 6.45) is 2.24. The van der Waals surface area contributed by atoms with Gasteiger partial charge in [0.05, 0.1) is 23.9 Å². The zero-order valence-electron chi connectivity index (χ0n) is 14.9. The zero-order valence-corrected chi connectivity index (χ0v) is 16.5. The van der Waals surface area contributed by atoms with Gasteiger partial charge in [-0.2, -0.15) is 5.26 Å². The maximum Gasteiger partial charge on any atom is 0.266 e. The van der Waals surface area contributed by atoms with Crippen molar-refractivity contribution in [2.24, 2.45) is 0 Å². The molecule has 2 rings (SSSR count). The summed E-state index contributed by atoms with van der Waals surface area (Å²) in [7, 11) is 1.50. The summed E-state index contributed by atoms with van der Waals surface area (Å²) in [6, 6.07) is 10.9. The number of benzene rings is 2. The van der Waals surface area contributed by atoms with Crippen LogP contribution in [-0.4, -0.2) is 19.6 Å². The van der Waals surface area contributed by atoms with E-state index < -0.39 is 11.7 Å². The van der Waals surface area contributed by atoms with Gasteiger partial charge in [-0.1, -0.05) is 19.1 Å². The summed E-state index contributed by atoms with van der Waals surface area (Å²) in [6.45, 7) is 2.52. The van der Waals surface area contributed by atoms with E-state index in [1.165, 1.54) is 31.4 Å². The first-order chi connectivity index (χ1) is 13.0. The lowest BCUT2D eigenvalue weighted by Crippen LogP contribution is -2.14. The highest BCUT2D eigenvalue weighted by atomic mass is 79.9. The third kappa shape index (κ3) is 5.31. The minimum Gasteiger partial charge on any atom is -0.493 e. The van der Waals surface area contributed by atoms with Crippen molar-refractivity contribution in [2.75, 3.05) is 19.0 Å². The molecule has 0 fully saturated rings. The van der Waals surface area contributed by atoms with Crippen LogP contribution in [0, 0.1) is 17.1 Å². The lowest BCUT2D eigenvalue weighted by molar-refractivity contribution is -0.112. The summed E-state index contributed by atoms with van der Waals surface area (Å²) >= 11 is 3.41. The smallest absolute Gasteiger partial charge is 0.266 e. The second kappa shape index (κ2) is 9.74. The Kier molecular flexibility index (Phi) is 7.38. The van der Waals surface area contributed by atoms with Crippen molar-refractivity contribution in [2.45, 2.75) is 13.3 Å². The molecule has 7 heteroatoms. The van der Waals surface area contributed by atoms with Crippen molar-refractivity contribution in [3.63, 3.8) is 0 Å². The van der Waals surface area contributed by atoms with Crippen LogP contribution in [-0.2, 0) is 4.79 Å². The number of rotatable bonds is 7. The molecule has 0 unspecified atom stereocenters. The van der Waals surface area contributed by atoms with Gasteiger partial charge >= 0.3 is 0 Å². The minimum absolute atomic E-state index is 0.00530. The van der Waals surface area contributed by atoms with Gasteiger partial charge in [-0.05, 0) is 58.3 Å². The molecule has 2 aromatic carbocycles. The Morgan fingerprint density at radius 1 is 1.37 bits per heavy atom. The molecular formula is C20H18BrFN2O3. The van der Waals surface area contributed by atoms with Crippen molar-refractivity contribution in [3.8, 4) is 17.6 Å². The molecule has 0 heterocycles. The average molecular weight is 433 g/mol. The maximum absolute atomic E-state index is 13.7. The van der Waals surface area contributed by atoms with Gasteiger partial charge in [-0.3, -0.25) is 4.79 Å². The van der Waals surface area contributed by atoms with E-state index >= 15 is 0 Å². The van der Waals surface area contributed by atoms with Crippen molar-refractivity contribution < 1.29 is 18.7 Å². The third-order valence-electron chi connectivity index (χ3n) is 3.50. The third-order valence-corrected chi connectivity index (χ3v) is 4.09. The number of methoxy groups -OCH3 is 1. The first kappa shape index (κ1) is 20.5. The minimum atomic E-state index is -0.705. The highest BCUT2D eigenvalue weighted by Crippen LogP contribution is 2.37. The summed E-state index contributed by atoms with van der Waals surface area (Å²) < 4.78 is 25.3. The Morgan fingerprint density at radius 3 is 2.74 bits per heavy atom. The lowest BCUT2D eigenvalue weighted by Gasteiger charge is -2.13. The number of nitrogens with one attached hydrogen (secondary N) is 1. The Balaban J connectivity index is 2.31. The van der Waals surface area contributed by atoms with Gasteiger partial charge < -0.3 is 14.8 Å². The van der Waals surface area contributed by atoms with Gasteiger partial charge in [0.25, 0.3) is 5.91 Å². The monoisotopic (exact) mass is 432 g/mol. The SMILES string of the molecule is CCCOc1c(Br)cc(/C=C(\C#N)C(=O)Nc2ccccc2F)cc1OC. The number of nitriles is 1. The molecule has 5 nitrogen and oxygen atoms in total. The molecule has 0 saturated carbocycles. The number of ether oxygens (including phenoxy) is 2. The summed E-state index contributed by atoms with van der Waals surface area (Å²) in [5, 5.41) is 11.7. The number of carbonyl (C=O) groups excluding carboxylic acids is 1.